The topological polar surface area (TPSA) is 58.9 Å². The Balaban J connectivity index is 1.52. The lowest BCUT2D eigenvalue weighted by atomic mass is 10.1. The van der Waals surface area contributed by atoms with Crippen LogP contribution < -0.4 is 10.2 Å². The van der Waals surface area contributed by atoms with Gasteiger partial charge >= 0.3 is 0 Å². The number of piperidine rings is 1. The number of pyridine rings is 1. The predicted molar refractivity (Wildman–Crippen MR) is 100.0 cm³/mol. The van der Waals surface area contributed by atoms with E-state index < -0.39 is 6.17 Å². The zero-order valence-corrected chi connectivity index (χ0v) is 14.6. The van der Waals surface area contributed by atoms with E-state index in [-0.39, 0.29) is 0 Å². The van der Waals surface area contributed by atoms with Gasteiger partial charge in [0.25, 0.3) is 0 Å². The van der Waals surface area contributed by atoms with Crippen LogP contribution in [0.15, 0.2) is 48.8 Å². The molecule has 134 valence electrons. The standard InChI is InChI=1S/C19H21FN6/c1-14-11-16(12-18(22-14)25-9-7-15(20)8-10-25)23-19-21-13-26(24-19)17-5-3-2-4-6-17/h2-6,11-13,15H,7-10H2,1H3,(H,22,23,24). The molecule has 4 rings (SSSR count). The highest BCUT2D eigenvalue weighted by Gasteiger charge is 2.20. The predicted octanol–water partition coefficient (Wildman–Crippen LogP) is 3.65. The Morgan fingerprint density at radius 2 is 1.88 bits per heavy atom. The third-order valence-electron chi connectivity index (χ3n) is 4.46. The first-order valence-electron chi connectivity index (χ1n) is 8.79. The summed E-state index contributed by atoms with van der Waals surface area (Å²) in [6.07, 6.45) is 2.10. The number of aromatic nitrogens is 4. The fourth-order valence-electron chi connectivity index (χ4n) is 3.12. The molecule has 0 unspecified atom stereocenters. The van der Waals surface area contributed by atoms with E-state index in [0.717, 1.165) is 22.9 Å². The maximum absolute atomic E-state index is 13.4. The molecule has 3 aromatic rings. The fourth-order valence-corrected chi connectivity index (χ4v) is 3.12. The highest BCUT2D eigenvalue weighted by molar-refractivity contribution is 5.60. The van der Waals surface area contributed by atoms with E-state index in [1.165, 1.54) is 0 Å². The Bertz CT molecular complexity index is 871. The summed E-state index contributed by atoms with van der Waals surface area (Å²) in [6.45, 7) is 3.34. The lowest BCUT2D eigenvalue weighted by molar-refractivity contribution is 0.276. The highest BCUT2D eigenvalue weighted by atomic mass is 19.1. The molecule has 0 saturated carbocycles. The molecule has 1 aliphatic heterocycles. The molecule has 0 aliphatic carbocycles. The van der Waals surface area contributed by atoms with Gasteiger partial charge in [0.05, 0.1) is 5.69 Å². The number of hydrogen-bond donors (Lipinski definition) is 1. The molecule has 2 aromatic heterocycles. The minimum Gasteiger partial charge on any atom is -0.356 e. The van der Waals surface area contributed by atoms with Gasteiger partial charge < -0.3 is 10.2 Å². The average molecular weight is 352 g/mol. The van der Waals surface area contributed by atoms with Gasteiger partial charge in [-0.2, -0.15) is 4.98 Å². The lowest BCUT2D eigenvalue weighted by Crippen LogP contribution is -2.35. The Hall–Kier alpha value is -2.96. The molecular formula is C19H21FN6. The quantitative estimate of drug-likeness (QED) is 0.777. The molecule has 0 spiro atoms. The van der Waals surface area contributed by atoms with Crippen molar-refractivity contribution in [3.8, 4) is 5.69 Å². The summed E-state index contributed by atoms with van der Waals surface area (Å²) in [4.78, 5) is 11.1. The summed E-state index contributed by atoms with van der Waals surface area (Å²) in [7, 11) is 0. The Labute approximate surface area is 151 Å². The first-order valence-corrected chi connectivity index (χ1v) is 8.79. The number of halogens is 1. The van der Waals surface area contributed by atoms with Crippen LogP contribution in [0.4, 0.5) is 21.8 Å². The van der Waals surface area contributed by atoms with Crippen LogP contribution in [0.3, 0.4) is 0 Å². The minimum absolute atomic E-state index is 0.521. The van der Waals surface area contributed by atoms with Crippen molar-refractivity contribution < 1.29 is 4.39 Å². The lowest BCUT2D eigenvalue weighted by Gasteiger charge is -2.30. The van der Waals surface area contributed by atoms with Crippen LogP contribution in [-0.2, 0) is 0 Å². The van der Waals surface area contributed by atoms with Gasteiger partial charge in [0.1, 0.15) is 18.3 Å². The van der Waals surface area contributed by atoms with Crippen molar-refractivity contribution in [1.29, 1.82) is 0 Å². The first kappa shape index (κ1) is 16.5. The minimum atomic E-state index is -0.695. The van der Waals surface area contributed by atoms with Gasteiger partial charge in [-0.3, -0.25) is 0 Å². The van der Waals surface area contributed by atoms with Crippen molar-refractivity contribution in [3.63, 3.8) is 0 Å². The maximum atomic E-state index is 13.4. The summed E-state index contributed by atoms with van der Waals surface area (Å²) >= 11 is 0. The molecule has 0 radical (unpaired) electrons. The summed E-state index contributed by atoms with van der Waals surface area (Å²) < 4.78 is 15.1. The Morgan fingerprint density at radius 1 is 1.12 bits per heavy atom. The van der Waals surface area contributed by atoms with Crippen molar-refractivity contribution in [2.24, 2.45) is 0 Å². The third-order valence-corrected chi connectivity index (χ3v) is 4.46. The molecule has 1 aliphatic rings. The Morgan fingerprint density at radius 3 is 2.65 bits per heavy atom. The molecule has 1 N–H and O–H groups in total. The summed E-state index contributed by atoms with van der Waals surface area (Å²) in [5.41, 5.74) is 2.73. The van der Waals surface area contributed by atoms with E-state index >= 15 is 0 Å². The second-order valence-electron chi connectivity index (χ2n) is 6.49. The highest BCUT2D eigenvalue weighted by Crippen LogP contribution is 2.24. The summed E-state index contributed by atoms with van der Waals surface area (Å²) in [5.74, 6) is 1.38. The van der Waals surface area contributed by atoms with Crippen LogP contribution in [-0.4, -0.2) is 39.0 Å². The van der Waals surface area contributed by atoms with Crippen molar-refractivity contribution in [1.82, 2.24) is 19.7 Å². The number of aryl methyl sites for hydroxylation is 1. The number of alkyl halides is 1. The number of benzene rings is 1. The van der Waals surface area contributed by atoms with E-state index in [4.69, 9.17) is 0 Å². The van der Waals surface area contributed by atoms with Crippen LogP contribution in [0.5, 0.6) is 0 Å². The Kier molecular flexibility index (Phi) is 4.51. The number of anilines is 3. The molecule has 1 fully saturated rings. The molecule has 6 nitrogen and oxygen atoms in total. The first-order chi connectivity index (χ1) is 12.7. The summed E-state index contributed by atoms with van der Waals surface area (Å²) in [5, 5.41) is 7.71. The molecule has 1 aromatic carbocycles. The van der Waals surface area contributed by atoms with Gasteiger partial charge in [-0.25, -0.2) is 14.1 Å². The van der Waals surface area contributed by atoms with E-state index in [2.05, 4.69) is 25.3 Å². The second kappa shape index (κ2) is 7.11. The maximum Gasteiger partial charge on any atom is 0.246 e. The van der Waals surface area contributed by atoms with Crippen molar-refractivity contribution in [2.75, 3.05) is 23.3 Å². The molecule has 3 heterocycles. The second-order valence-corrected chi connectivity index (χ2v) is 6.49. The van der Waals surface area contributed by atoms with Crippen LogP contribution in [0.25, 0.3) is 5.69 Å². The van der Waals surface area contributed by atoms with Gasteiger partial charge in [-0.05, 0) is 38.0 Å². The normalized spacial score (nSPS) is 15.2. The number of para-hydroxylation sites is 1. The summed E-state index contributed by atoms with van der Waals surface area (Å²) in [6, 6.07) is 13.8. The van der Waals surface area contributed by atoms with Gasteiger partial charge in [0, 0.05) is 30.5 Å². The van der Waals surface area contributed by atoms with Gasteiger partial charge in [0.2, 0.25) is 5.95 Å². The van der Waals surface area contributed by atoms with Crippen molar-refractivity contribution >= 4 is 17.5 Å². The molecular weight excluding hydrogens is 331 g/mol. The van der Waals surface area contributed by atoms with Gasteiger partial charge in [0.15, 0.2) is 0 Å². The SMILES string of the molecule is Cc1cc(Nc2ncn(-c3ccccc3)n2)cc(N2CCC(F)CC2)n1. The van der Waals surface area contributed by atoms with Gasteiger partial charge in [-0.15, -0.1) is 5.10 Å². The van der Waals surface area contributed by atoms with Crippen LogP contribution in [0.2, 0.25) is 0 Å². The fraction of sp³-hybridized carbons (Fsp3) is 0.316. The van der Waals surface area contributed by atoms with E-state index in [1.807, 2.05) is 49.4 Å². The molecule has 7 heteroatoms. The zero-order valence-electron chi connectivity index (χ0n) is 14.6. The number of rotatable bonds is 4. The smallest absolute Gasteiger partial charge is 0.246 e. The molecule has 0 amide bonds. The van der Waals surface area contributed by atoms with Crippen LogP contribution >= 0.6 is 0 Å². The van der Waals surface area contributed by atoms with E-state index in [0.29, 0.717) is 31.9 Å². The number of hydrogen-bond acceptors (Lipinski definition) is 5. The van der Waals surface area contributed by atoms with Crippen molar-refractivity contribution in [2.45, 2.75) is 25.9 Å². The zero-order chi connectivity index (χ0) is 17.9. The van der Waals surface area contributed by atoms with Crippen LogP contribution in [0, 0.1) is 6.92 Å². The monoisotopic (exact) mass is 352 g/mol. The van der Waals surface area contributed by atoms with E-state index in [1.54, 1.807) is 11.0 Å². The third kappa shape index (κ3) is 3.66. The van der Waals surface area contributed by atoms with Gasteiger partial charge in [-0.1, -0.05) is 18.2 Å². The van der Waals surface area contributed by atoms with E-state index in [9.17, 15) is 4.39 Å². The largest absolute Gasteiger partial charge is 0.356 e. The molecule has 0 bridgehead atoms. The molecule has 0 atom stereocenters. The van der Waals surface area contributed by atoms with Crippen LogP contribution in [0.1, 0.15) is 18.5 Å². The average Bonchev–Trinajstić information content (AvgIpc) is 3.11. The molecule has 26 heavy (non-hydrogen) atoms. The number of nitrogens with one attached hydrogen (secondary N) is 1. The number of nitrogens with zero attached hydrogens (tertiary/aromatic N) is 5. The molecule has 1 saturated heterocycles. The van der Waals surface area contributed by atoms with Crippen molar-refractivity contribution in [3.05, 3.63) is 54.5 Å².